The highest BCUT2D eigenvalue weighted by molar-refractivity contribution is 7.89. The first-order valence-corrected chi connectivity index (χ1v) is 7.35. The quantitative estimate of drug-likeness (QED) is 0.891. The van der Waals surface area contributed by atoms with Crippen LogP contribution in [-0.4, -0.2) is 27.0 Å². The fourth-order valence-electron chi connectivity index (χ4n) is 1.15. The van der Waals surface area contributed by atoms with Crippen LogP contribution in [0.4, 0.5) is 5.82 Å². The van der Waals surface area contributed by atoms with Crippen molar-refractivity contribution < 1.29 is 8.42 Å². The second-order valence-electron chi connectivity index (χ2n) is 5.14. The average molecular weight is 292 g/mol. The molecule has 0 atom stereocenters. The standard InChI is InChI=1S/C11H18ClN3O2S/c1-11(2,3)7-15-18(16,17)8-5-9(12)10(13-4)14-6-8/h5-6,15H,7H2,1-4H3,(H,13,14). The van der Waals surface area contributed by atoms with Crippen molar-refractivity contribution in [1.82, 2.24) is 9.71 Å². The van der Waals surface area contributed by atoms with E-state index in [1.807, 2.05) is 20.8 Å². The van der Waals surface area contributed by atoms with E-state index in [9.17, 15) is 8.42 Å². The van der Waals surface area contributed by atoms with Gasteiger partial charge in [0.25, 0.3) is 0 Å². The predicted octanol–water partition coefficient (Wildman–Crippen LogP) is 2.10. The molecular weight excluding hydrogens is 274 g/mol. The van der Waals surface area contributed by atoms with Gasteiger partial charge < -0.3 is 5.32 Å². The van der Waals surface area contributed by atoms with Gasteiger partial charge in [-0.05, 0) is 11.5 Å². The van der Waals surface area contributed by atoms with E-state index in [4.69, 9.17) is 11.6 Å². The van der Waals surface area contributed by atoms with Gasteiger partial charge in [0.05, 0.1) is 5.02 Å². The van der Waals surface area contributed by atoms with Crippen LogP contribution >= 0.6 is 11.6 Å². The molecule has 5 nitrogen and oxygen atoms in total. The molecule has 2 N–H and O–H groups in total. The van der Waals surface area contributed by atoms with Crippen LogP contribution in [0.3, 0.4) is 0 Å². The summed E-state index contributed by atoms with van der Waals surface area (Å²) in [4.78, 5) is 4.01. The lowest BCUT2D eigenvalue weighted by molar-refractivity contribution is 0.407. The van der Waals surface area contributed by atoms with Crippen molar-refractivity contribution in [3.05, 3.63) is 17.3 Å². The number of nitrogens with zero attached hydrogens (tertiary/aromatic N) is 1. The van der Waals surface area contributed by atoms with Gasteiger partial charge in [-0.1, -0.05) is 32.4 Å². The van der Waals surface area contributed by atoms with Crippen molar-refractivity contribution >= 4 is 27.4 Å². The minimum atomic E-state index is -3.57. The summed E-state index contributed by atoms with van der Waals surface area (Å²) in [5.41, 5.74) is -0.130. The van der Waals surface area contributed by atoms with E-state index in [0.29, 0.717) is 12.4 Å². The van der Waals surface area contributed by atoms with E-state index in [1.165, 1.54) is 12.3 Å². The molecule has 1 heterocycles. The second kappa shape index (κ2) is 5.42. The Labute approximate surface area is 113 Å². The minimum Gasteiger partial charge on any atom is -0.372 e. The number of sulfonamides is 1. The van der Waals surface area contributed by atoms with Crippen molar-refractivity contribution in [2.75, 3.05) is 18.9 Å². The molecule has 102 valence electrons. The van der Waals surface area contributed by atoms with Gasteiger partial charge in [0.1, 0.15) is 10.7 Å². The van der Waals surface area contributed by atoms with Crippen LogP contribution in [0.1, 0.15) is 20.8 Å². The monoisotopic (exact) mass is 291 g/mol. The van der Waals surface area contributed by atoms with Crippen LogP contribution in [0, 0.1) is 5.41 Å². The Morgan fingerprint density at radius 1 is 1.39 bits per heavy atom. The Kier molecular flexibility index (Phi) is 4.58. The summed E-state index contributed by atoms with van der Waals surface area (Å²) in [6.07, 6.45) is 1.28. The summed E-state index contributed by atoms with van der Waals surface area (Å²) in [6, 6.07) is 1.38. The van der Waals surface area contributed by atoms with Gasteiger partial charge >= 0.3 is 0 Å². The van der Waals surface area contributed by atoms with Crippen molar-refractivity contribution in [1.29, 1.82) is 0 Å². The van der Waals surface area contributed by atoms with Gasteiger partial charge in [0.15, 0.2) is 0 Å². The summed E-state index contributed by atoms with van der Waals surface area (Å²) >= 11 is 5.91. The third kappa shape index (κ3) is 4.12. The molecule has 0 aliphatic heterocycles. The van der Waals surface area contributed by atoms with E-state index in [-0.39, 0.29) is 15.3 Å². The van der Waals surface area contributed by atoms with Gasteiger partial charge in [0.2, 0.25) is 10.0 Å². The third-order valence-electron chi connectivity index (χ3n) is 2.16. The molecular formula is C11H18ClN3O2S. The molecule has 0 fully saturated rings. The van der Waals surface area contributed by atoms with Crippen LogP contribution in [0.5, 0.6) is 0 Å². The van der Waals surface area contributed by atoms with Crippen LogP contribution < -0.4 is 10.0 Å². The number of hydrogen-bond acceptors (Lipinski definition) is 4. The van der Waals surface area contributed by atoms with Crippen LogP contribution in [0.15, 0.2) is 17.2 Å². The molecule has 0 amide bonds. The van der Waals surface area contributed by atoms with Crippen molar-refractivity contribution in [2.45, 2.75) is 25.7 Å². The Morgan fingerprint density at radius 3 is 2.44 bits per heavy atom. The molecule has 0 radical (unpaired) electrons. The molecule has 0 saturated heterocycles. The average Bonchev–Trinajstić information content (AvgIpc) is 2.25. The number of aromatic nitrogens is 1. The predicted molar refractivity (Wildman–Crippen MR) is 73.4 cm³/mol. The maximum atomic E-state index is 12.0. The molecule has 0 unspecified atom stereocenters. The first-order chi connectivity index (χ1) is 8.15. The maximum absolute atomic E-state index is 12.0. The number of hydrogen-bond donors (Lipinski definition) is 2. The van der Waals surface area contributed by atoms with E-state index < -0.39 is 10.0 Å². The Hall–Kier alpha value is -0.850. The smallest absolute Gasteiger partial charge is 0.242 e. The van der Waals surface area contributed by atoms with Crippen LogP contribution in [0.2, 0.25) is 5.02 Å². The van der Waals surface area contributed by atoms with E-state index >= 15 is 0 Å². The van der Waals surface area contributed by atoms with Gasteiger partial charge in [-0.15, -0.1) is 0 Å². The van der Waals surface area contributed by atoms with E-state index in [0.717, 1.165) is 0 Å². The Bertz CT molecular complexity index is 524. The van der Waals surface area contributed by atoms with Gasteiger partial charge in [0, 0.05) is 19.8 Å². The van der Waals surface area contributed by atoms with Crippen LogP contribution in [-0.2, 0) is 10.0 Å². The summed E-state index contributed by atoms with van der Waals surface area (Å²) in [5, 5.41) is 3.05. The summed E-state index contributed by atoms with van der Waals surface area (Å²) in [5.74, 6) is 0.450. The number of halogens is 1. The zero-order valence-electron chi connectivity index (χ0n) is 10.9. The Balaban J connectivity index is 2.96. The molecule has 18 heavy (non-hydrogen) atoms. The molecule has 0 aliphatic rings. The lowest BCUT2D eigenvalue weighted by Crippen LogP contribution is -2.32. The fourth-order valence-corrected chi connectivity index (χ4v) is 2.73. The molecule has 0 spiro atoms. The lowest BCUT2D eigenvalue weighted by atomic mass is 9.98. The number of rotatable bonds is 4. The minimum absolute atomic E-state index is 0.0655. The first-order valence-electron chi connectivity index (χ1n) is 5.49. The van der Waals surface area contributed by atoms with Crippen molar-refractivity contribution in [3.63, 3.8) is 0 Å². The summed E-state index contributed by atoms with van der Waals surface area (Å²) < 4.78 is 26.5. The highest BCUT2D eigenvalue weighted by Gasteiger charge is 2.19. The van der Waals surface area contributed by atoms with Gasteiger partial charge in [-0.2, -0.15) is 0 Å². The topological polar surface area (TPSA) is 71.1 Å². The van der Waals surface area contributed by atoms with Gasteiger partial charge in [-0.25, -0.2) is 18.1 Å². The zero-order chi connectivity index (χ0) is 14.0. The number of pyridine rings is 1. The SMILES string of the molecule is CNc1ncc(S(=O)(=O)NCC(C)(C)C)cc1Cl. The highest BCUT2D eigenvalue weighted by atomic mass is 35.5. The van der Waals surface area contributed by atoms with E-state index in [2.05, 4.69) is 15.0 Å². The van der Waals surface area contributed by atoms with Crippen molar-refractivity contribution in [3.8, 4) is 0 Å². The molecule has 0 bridgehead atoms. The molecule has 0 aliphatic carbocycles. The maximum Gasteiger partial charge on any atom is 0.242 e. The van der Waals surface area contributed by atoms with Crippen molar-refractivity contribution in [2.24, 2.45) is 5.41 Å². The molecule has 0 aromatic carbocycles. The van der Waals surface area contributed by atoms with Gasteiger partial charge in [-0.3, -0.25) is 0 Å². The summed E-state index contributed by atoms with van der Waals surface area (Å²) in [6.45, 7) is 6.20. The third-order valence-corrected chi connectivity index (χ3v) is 3.81. The molecule has 1 aromatic rings. The largest absolute Gasteiger partial charge is 0.372 e. The fraction of sp³-hybridized carbons (Fsp3) is 0.545. The first kappa shape index (κ1) is 15.2. The second-order valence-corrected chi connectivity index (χ2v) is 7.31. The number of anilines is 1. The molecule has 1 rings (SSSR count). The lowest BCUT2D eigenvalue weighted by Gasteiger charge is -2.18. The highest BCUT2D eigenvalue weighted by Crippen LogP contribution is 2.22. The van der Waals surface area contributed by atoms with Crippen LogP contribution in [0.25, 0.3) is 0 Å². The Morgan fingerprint density at radius 2 is 2.00 bits per heavy atom. The summed E-state index contributed by atoms with van der Waals surface area (Å²) in [7, 11) is -1.90. The molecule has 7 heteroatoms. The molecule has 0 saturated carbocycles. The van der Waals surface area contributed by atoms with E-state index in [1.54, 1.807) is 7.05 Å². The normalized spacial score (nSPS) is 12.5. The molecule has 1 aromatic heterocycles. The zero-order valence-corrected chi connectivity index (χ0v) is 12.5. The number of nitrogens with one attached hydrogen (secondary N) is 2.